The van der Waals surface area contributed by atoms with E-state index in [1.54, 1.807) is 14.0 Å². The predicted octanol–water partition coefficient (Wildman–Crippen LogP) is -0.125. The molecule has 1 unspecified atom stereocenters. The number of methoxy groups -OCH3 is 1. The molecule has 0 radical (unpaired) electrons. The van der Waals surface area contributed by atoms with Crippen LogP contribution in [0.1, 0.15) is 6.92 Å². The number of hydrogen-bond acceptors (Lipinski definition) is 4. The Morgan fingerprint density at radius 3 is 2.73 bits per heavy atom. The largest absolute Gasteiger partial charge is 0.481 e. The van der Waals surface area contributed by atoms with Gasteiger partial charge in [-0.3, -0.25) is 4.79 Å². The van der Waals surface area contributed by atoms with E-state index in [-0.39, 0.29) is 5.92 Å². The summed E-state index contributed by atoms with van der Waals surface area (Å²) in [7, 11) is 3.70. The highest BCUT2D eigenvalue weighted by molar-refractivity contribution is 5.69. The van der Waals surface area contributed by atoms with E-state index in [1.165, 1.54) is 0 Å². The fourth-order valence-electron chi connectivity index (χ4n) is 1.03. The average Bonchev–Trinajstić information content (AvgIpc) is 2.20. The third-order valence-corrected chi connectivity index (χ3v) is 2.22. The van der Waals surface area contributed by atoms with E-state index in [0.29, 0.717) is 6.54 Å². The van der Waals surface area contributed by atoms with Crippen molar-refractivity contribution >= 4 is 5.97 Å². The first kappa shape index (κ1) is 14.3. The van der Waals surface area contributed by atoms with E-state index in [0.717, 1.165) is 26.2 Å². The van der Waals surface area contributed by atoms with Crippen molar-refractivity contribution in [2.24, 2.45) is 5.92 Å². The Kier molecular flexibility index (Phi) is 8.27. The molecule has 0 aliphatic carbocycles. The van der Waals surface area contributed by atoms with Gasteiger partial charge in [-0.05, 0) is 7.05 Å². The Balaban J connectivity index is 3.33. The summed E-state index contributed by atoms with van der Waals surface area (Å²) in [5.41, 5.74) is 0. The van der Waals surface area contributed by atoms with Gasteiger partial charge in [0, 0.05) is 33.3 Å². The van der Waals surface area contributed by atoms with E-state index in [1.807, 2.05) is 7.05 Å². The number of nitrogens with zero attached hydrogens (tertiary/aromatic N) is 1. The zero-order valence-corrected chi connectivity index (χ0v) is 9.82. The Morgan fingerprint density at radius 2 is 2.20 bits per heavy atom. The van der Waals surface area contributed by atoms with Crippen LogP contribution in [0.3, 0.4) is 0 Å². The summed E-state index contributed by atoms with van der Waals surface area (Å²) in [4.78, 5) is 12.6. The number of carboxylic acids is 1. The summed E-state index contributed by atoms with van der Waals surface area (Å²) in [6.07, 6.45) is 0. The molecular formula is C10H22N2O3. The van der Waals surface area contributed by atoms with E-state index >= 15 is 0 Å². The van der Waals surface area contributed by atoms with Crippen LogP contribution >= 0.6 is 0 Å². The van der Waals surface area contributed by atoms with Gasteiger partial charge in [0.15, 0.2) is 0 Å². The molecule has 0 aliphatic rings. The topological polar surface area (TPSA) is 61.8 Å². The molecule has 0 amide bonds. The van der Waals surface area contributed by atoms with Crippen molar-refractivity contribution in [1.29, 1.82) is 0 Å². The van der Waals surface area contributed by atoms with Crippen LogP contribution in [0.15, 0.2) is 0 Å². The molecule has 0 aromatic heterocycles. The molecule has 0 aliphatic heterocycles. The molecular weight excluding hydrogens is 196 g/mol. The van der Waals surface area contributed by atoms with Gasteiger partial charge in [0.1, 0.15) is 0 Å². The lowest BCUT2D eigenvalue weighted by molar-refractivity contribution is -0.140. The highest BCUT2D eigenvalue weighted by Crippen LogP contribution is 1.90. The van der Waals surface area contributed by atoms with Crippen molar-refractivity contribution in [3.63, 3.8) is 0 Å². The Bertz CT molecular complexity index is 176. The zero-order valence-electron chi connectivity index (χ0n) is 9.82. The molecule has 0 spiro atoms. The van der Waals surface area contributed by atoms with Crippen LogP contribution < -0.4 is 5.32 Å². The standard InChI is InChI=1S/C10H22N2O3/c1-9(10(13)14)8-11-4-5-12(2)6-7-15-3/h9,11H,4-8H2,1-3H3,(H,13,14). The highest BCUT2D eigenvalue weighted by Gasteiger charge is 2.09. The minimum absolute atomic E-state index is 0.325. The summed E-state index contributed by atoms with van der Waals surface area (Å²) in [5.74, 6) is -1.08. The number of hydrogen-bond donors (Lipinski definition) is 2. The molecule has 0 aromatic rings. The molecule has 0 aromatic carbocycles. The normalized spacial score (nSPS) is 13.1. The first-order chi connectivity index (χ1) is 7.07. The van der Waals surface area contributed by atoms with E-state index in [2.05, 4.69) is 10.2 Å². The van der Waals surface area contributed by atoms with Crippen molar-refractivity contribution < 1.29 is 14.6 Å². The molecule has 15 heavy (non-hydrogen) atoms. The summed E-state index contributed by atoms with van der Waals surface area (Å²) in [6.45, 7) is 5.54. The number of aliphatic carboxylic acids is 1. The summed E-state index contributed by atoms with van der Waals surface area (Å²) < 4.78 is 4.95. The van der Waals surface area contributed by atoms with Gasteiger partial charge in [0.2, 0.25) is 0 Å². The first-order valence-corrected chi connectivity index (χ1v) is 5.19. The molecule has 0 fully saturated rings. The van der Waals surface area contributed by atoms with Crippen molar-refractivity contribution in [2.45, 2.75) is 6.92 Å². The minimum Gasteiger partial charge on any atom is -0.481 e. The molecule has 5 heteroatoms. The lowest BCUT2D eigenvalue weighted by atomic mass is 10.2. The summed E-state index contributed by atoms with van der Waals surface area (Å²) >= 11 is 0. The van der Waals surface area contributed by atoms with Crippen LogP contribution in [-0.2, 0) is 9.53 Å². The minimum atomic E-state index is -0.754. The quantitative estimate of drug-likeness (QED) is 0.528. The highest BCUT2D eigenvalue weighted by atomic mass is 16.5. The van der Waals surface area contributed by atoms with Gasteiger partial charge in [-0.25, -0.2) is 0 Å². The van der Waals surface area contributed by atoms with Crippen molar-refractivity contribution in [3.05, 3.63) is 0 Å². The van der Waals surface area contributed by atoms with Crippen molar-refractivity contribution in [2.75, 3.05) is 46.9 Å². The van der Waals surface area contributed by atoms with Gasteiger partial charge in [-0.15, -0.1) is 0 Å². The second-order valence-electron chi connectivity index (χ2n) is 3.74. The number of nitrogens with one attached hydrogen (secondary N) is 1. The van der Waals surface area contributed by atoms with Crippen molar-refractivity contribution in [3.8, 4) is 0 Å². The summed E-state index contributed by atoms with van der Waals surface area (Å²) in [6, 6.07) is 0. The number of carbonyl (C=O) groups is 1. The monoisotopic (exact) mass is 218 g/mol. The third kappa shape index (κ3) is 8.35. The van der Waals surface area contributed by atoms with Gasteiger partial charge in [0.05, 0.1) is 12.5 Å². The van der Waals surface area contributed by atoms with Crippen LogP contribution in [-0.4, -0.2) is 62.9 Å². The molecule has 5 nitrogen and oxygen atoms in total. The van der Waals surface area contributed by atoms with Crippen LogP contribution in [0.2, 0.25) is 0 Å². The average molecular weight is 218 g/mol. The fourth-order valence-corrected chi connectivity index (χ4v) is 1.03. The number of likely N-dealkylation sites (N-methyl/N-ethyl adjacent to an activating group) is 1. The van der Waals surface area contributed by atoms with Crippen LogP contribution in [0.25, 0.3) is 0 Å². The van der Waals surface area contributed by atoms with Gasteiger partial charge in [-0.1, -0.05) is 6.92 Å². The second kappa shape index (κ2) is 8.64. The molecule has 90 valence electrons. The van der Waals surface area contributed by atoms with Crippen LogP contribution in [0.5, 0.6) is 0 Å². The molecule has 1 atom stereocenters. The van der Waals surface area contributed by atoms with Crippen molar-refractivity contribution in [1.82, 2.24) is 10.2 Å². The van der Waals surface area contributed by atoms with Gasteiger partial charge < -0.3 is 20.1 Å². The lowest BCUT2D eigenvalue weighted by Crippen LogP contribution is -2.34. The predicted molar refractivity (Wildman–Crippen MR) is 59.0 cm³/mol. The zero-order chi connectivity index (χ0) is 11.7. The Labute approximate surface area is 91.4 Å². The molecule has 0 rings (SSSR count). The fraction of sp³-hybridized carbons (Fsp3) is 0.900. The maximum Gasteiger partial charge on any atom is 0.307 e. The maximum absolute atomic E-state index is 10.5. The molecule has 2 N–H and O–H groups in total. The smallest absolute Gasteiger partial charge is 0.307 e. The van der Waals surface area contributed by atoms with Gasteiger partial charge >= 0.3 is 5.97 Å². The number of carboxylic acid groups (broad SMARTS) is 1. The van der Waals surface area contributed by atoms with E-state index in [9.17, 15) is 4.79 Å². The van der Waals surface area contributed by atoms with Crippen LogP contribution in [0, 0.1) is 5.92 Å². The van der Waals surface area contributed by atoms with E-state index < -0.39 is 5.97 Å². The summed E-state index contributed by atoms with van der Waals surface area (Å²) in [5, 5.41) is 11.8. The van der Waals surface area contributed by atoms with Gasteiger partial charge in [-0.2, -0.15) is 0 Å². The number of ether oxygens (including phenoxy) is 1. The third-order valence-electron chi connectivity index (χ3n) is 2.22. The van der Waals surface area contributed by atoms with E-state index in [4.69, 9.17) is 9.84 Å². The molecule has 0 saturated carbocycles. The number of rotatable bonds is 9. The van der Waals surface area contributed by atoms with Gasteiger partial charge in [0.25, 0.3) is 0 Å². The lowest BCUT2D eigenvalue weighted by Gasteiger charge is -2.16. The maximum atomic E-state index is 10.5. The molecule has 0 saturated heterocycles. The SMILES string of the molecule is COCCN(C)CCNCC(C)C(=O)O. The Morgan fingerprint density at radius 1 is 1.53 bits per heavy atom. The van der Waals surface area contributed by atoms with Crippen LogP contribution in [0.4, 0.5) is 0 Å². The molecule has 0 heterocycles. The first-order valence-electron chi connectivity index (χ1n) is 5.19. The second-order valence-corrected chi connectivity index (χ2v) is 3.74. The molecule has 0 bridgehead atoms. The Hall–Kier alpha value is -0.650.